The maximum atomic E-state index is 5.75. The first-order valence-electron chi connectivity index (χ1n) is 2.26. The third-order valence-corrected chi connectivity index (χ3v) is 2.81. The molecule has 0 aliphatic heterocycles. The van der Waals surface area contributed by atoms with Gasteiger partial charge in [0.25, 0.3) is 0 Å². The molecule has 0 amide bonds. The molecule has 0 heterocycles. The van der Waals surface area contributed by atoms with Crippen LogP contribution in [0.15, 0.2) is 10.6 Å². The van der Waals surface area contributed by atoms with Gasteiger partial charge in [-0.15, -0.1) is 23.2 Å². The van der Waals surface area contributed by atoms with Crippen LogP contribution < -0.4 is 0 Å². The second-order valence-electron chi connectivity index (χ2n) is 1.79. The van der Waals surface area contributed by atoms with Gasteiger partial charge in [0.15, 0.2) is 0 Å². The zero-order chi connectivity index (χ0) is 7.49. The Bertz CT molecular complexity index is 116. The third kappa shape index (κ3) is 2.99. The van der Waals surface area contributed by atoms with Crippen LogP contribution in [0, 0.1) is 0 Å². The van der Waals surface area contributed by atoms with Crippen molar-refractivity contribution in [3.8, 4) is 0 Å². The molecule has 0 saturated carbocycles. The van der Waals surface area contributed by atoms with Gasteiger partial charge in [-0.3, -0.25) is 0 Å². The third-order valence-electron chi connectivity index (χ3n) is 0.845. The Balaban J connectivity index is 4.14. The van der Waals surface area contributed by atoms with Crippen molar-refractivity contribution in [2.45, 2.75) is 11.8 Å². The average molecular weight is 208 g/mol. The predicted molar refractivity (Wildman–Crippen MR) is 44.8 cm³/mol. The summed E-state index contributed by atoms with van der Waals surface area (Å²) < 4.78 is 0. The summed E-state index contributed by atoms with van der Waals surface area (Å²) >= 11 is 22.1. The molecule has 0 radical (unpaired) electrons. The van der Waals surface area contributed by atoms with Crippen LogP contribution in [0.1, 0.15) is 6.92 Å². The van der Waals surface area contributed by atoms with Gasteiger partial charge in [-0.25, -0.2) is 0 Å². The van der Waals surface area contributed by atoms with E-state index in [1.165, 1.54) is 5.54 Å². The normalized spacial score (nSPS) is 19.4. The van der Waals surface area contributed by atoms with Crippen molar-refractivity contribution in [1.29, 1.82) is 0 Å². The van der Waals surface area contributed by atoms with E-state index in [0.717, 1.165) is 0 Å². The minimum absolute atomic E-state index is 0.247. The van der Waals surface area contributed by atoms with Gasteiger partial charge < -0.3 is 0 Å². The van der Waals surface area contributed by atoms with Gasteiger partial charge >= 0.3 is 0 Å². The second-order valence-corrected chi connectivity index (χ2v) is 3.51. The summed E-state index contributed by atoms with van der Waals surface area (Å²) in [5, 5.41) is 0.362. The van der Waals surface area contributed by atoms with Gasteiger partial charge in [0, 0.05) is 11.4 Å². The molecule has 4 heteroatoms. The van der Waals surface area contributed by atoms with Gasteiger partial charge in [0.05, 0.1) is 9.91 Å². The van der Waals surface area contributed by atoms with Crippen LogP contribution in [0.5, 0.6) is 0 Å². The van der Waals surface area contributed by atoms with E-state index >= 15 is 0 Å². The van der Waals surface area contributed by atoms with Crippen LogP contribution in [0.3, 0.4) is 0 Å². The van der Waals surface area contributed by atoms with Crippen LogP contribution in [-0.4, -0.2) is 10.8 Å². The van der Waals surface area contributed by atoms with Crippen molar-refractivity contribution in [2.24, 2.45) is 0 Å². The molecule has 0 nitrogen and oxygen atoms in total. The Kier molecular flexibility index (Phi) is 4.31. The van der Waals surface area contributed by atoms with E-state index in [9.17, 15) is 0 Å². The molecule has 0 aliphatic carbocycles. The van der Waals surface area contributed by atoms with E-state index in [-0.39, 0.29) is 5.88 Å². The Morgan fingerprint density at radius 3 is 2.22 bits per heavy atom. The Hall–Kier alpha value is 0.900. The molecule has 0 N–H and O–H groups in total. The van der Waals surface area contributed by atoms with Crippen molar-refractivity contribution >= 4 is 46.4 Å². The predicted octanol–water partition coefficient (Wildman–Crippen LogP) is 3.54. The highest BCUT2D eigenvalue weighted by Crippen LogP contribution is 2.29. The first kappa shape index (κ1) is 9.90. The molecule has 1 unspecified atom stereocenters. The molecule has 0 bridgehead atoms. The fourth-order valence-corrected chi connectivity index (χ4v) is 0.808. The van der Waals surface area contributed by atoms with Gasteiger partial charge in [0.2, 0.25) is 0 Å². The lowest BCUT2D eigenvalue weighted by Gasteiger charge is -2.15. The van der Waals surface area contributed by atoms with Crippen molar-refractivity contribution < 1.29 is 0 Å². The molecular formula is C5H6Cl4. The number of hydrogen-bond acceptors (Lipinski definition) is 0. The van der Waals surface area contributed by atoms with E-state index in [1.54, 1.807) is 6.92 Å². The average Bonchev–Trinajstić information content (AvgIpc) is 1.86. The second kappa shape index (κ2) is 3.92. The highest BCUT2D eigenvalue weighted by molar-refractivity contribution is 6.44. The van der Waals surface area contributed by atoms with Gasteiger partial charge in [-0.05, 0) is 6.92 Å². The van der Waals surface area contributed by atoms with Crippen LogP contribution in [0.25, 0.3) is 0 Å². The molecule has 0 aromatic rings. The lowest BCUT2D eigenvalue weighted by atomic mass is 10.2. The molecule has 0 aliphatic rings. The summed E-state index contributed by atoms with van der Waals surface area (Å²) in [6, 6.07) is 0. The first-order chi connectivity index (χ1) is 4.04. The molecule has 0 fully saturated rings. The van der Waals surface area contributed by atoms with Crippen LogP contribution in [-0.2, 0) is 0 Å². The summed E-state index contributed by atoms with van der Waals surface area (Å²) in [5.41, 5.74) is 1.22. The first-order valence-corrected chi connectivity index (χ1v) is 3.98. The van der Waals surface area contributed by atoms with Crippen LogP contribution in [0.4, 0.5) is 0 Å². The maximum absolute atomic E-state index is 5.75. The minimum atomic E-state index is -0.717. The molecule has 1 atom stereocenters. The lowest BCUT2D eigenvalue weighted by Crippen LogP contribution is -2.18. The number of rotatable bonds is 2. The number of halogens is 4. The summed E-state index contributed by atoms with van der Waals surface area (Å²) in [4.78, 5) is -0.717. The summed E-state index contributed by atoms with van der Waals surface area (Å²) in [7, 11) is 0. The van der Waals surface area contributed by atoms with Crippen LogP contribution in [0.2, 0.25) is 0 Å². The lowest BCUT2D eigenvalue weighted by molar-refractivity contribution is 0.874. The van der Waals surface area contributed by atoms with Gasteiger partial charge in [0.1, 0.15) is 0 Å². The SMILES string of the molecule is CC(Cl)(CCl)/C(Cl)=C/Cl. The molecular weight excluding hydrogens is 202 g/mol. The van der Waals surface area contributed by atoms with Crippen molar-refractivity contribution in [1.82, 2.24) is 0 Å². The summed E-state index contributed by atoms with van der Waals surface area (Å²) in [5.74, 6) is 0.247. The fourth-order valence-electron chi connectivity index (χ4n) is 0.178. The largest absolute Gasteiger partial charge is 0.124 e. The molecule has 0 spiro atoms. The highest BCUT2D eigenvalue weighted by atomic mass is 35.5. The zero-order valence-corrected chi connectivity index (χ0v) is 7.82. The van der Waals surface area contributed by atoms with E-state index < -0.39 is 4.87 Å². The molecule has 0 rings (SSSR count). The van der Waals surface area contributed by atoms with E-state index in [1.807, 2.05) is 0 Å². The molecule has 0 aromatic heterocycles. The van der Waals surface area contributed by atoms with Crippen molar-refractivity contribution in [2.75, 3.05) is 5.88 Å². The summed E-state index contributed by atoms with van der Waals surface area (Å²) in [6.07, 6.45) is 0. The minimum Gasteiger partial charge on any atom is -0.124 e. The number of hydrogen-bond donors (Lipinski definition) is 0. The van der Waals surface area contributed by atoms with E-state index in [2.05, 4.69) is 0 Å². The smallest absolute Gasteiger partial charge is 0.0916 e. The van der Waals surface area contributed by atoms with Gasteiger partial charge in [-0.2, -0.15) is 0 Å². The highest BCUT2D eigenvalue weighted by Gasteiger charge is 2.23. The standard InChI is InChI=1S/C5H6Cl4/c1-5(9,3-7)4(8)2-6/h2H,3H2,1H3/b4-2-. The molecule has 54 valence electrons. The molecule has 9 heavy (non-hydrogen) atoms. The monoisotopic (exact) mass is 206 g/mol. The number of allylic oxidation sites excluding steroid dienone is 1. The van der Waals surface area contributed by atoms with Crippen molar-refractivity contribution in [3.05, 3.63) is 10.6 Å². The maximum Gasteiger partial charge on any atom is 0.0916 e. The Labute approximate surface area is 74.7 Å². The zero-order valence-electron chi connectivity index (χ0n) is 4.80. The Morgan fingerprint density at radius 1 is 1.67 bits per heavy atom. The quantitative estimate of drug-likeness (QED) is 0.608. The van der Waals surface area contributed by atoms with Crippen molar-refractivity contribution in [3.63, 3.8) is 0 Å². The number of alkyl halides is 2. The van der Waals surface area contributed by atoms with Gasteiger partial charge in [-0.1, -0.05) is 23.2 Å². The molecule has 0 saturated heterocycles. The summed E-state index contributed by atoms with van der Waals surface area (Å²) in [6.45, 7) is 1.70. The van der Waals surface area contributed by atoms with Crippen LogP contribution >= 0.6 is 46.4 Å². The fraction of sp³-hybridized carbons (Fsp3) is 0.600. The van der Waals surface area contributed by atoms with E-state index in [4.69, 9.17) is 46.4 Å². The van der Waals surface area contributed by atoms with E-state index in [0.29, 0.717) is 5.03 Å². The Morgan fingerprint density at radius 2 is 2.11 bits per heavy atom. The molecule has 0 aromatic carbocycles. The topological polar surface area (TPSA) is 0 Å².